The van der Waals surface area contributed by atoms with Crippen molar-refractivity contribution in [2.45, 2.75) is 13.1 Å². The fourth-order valence-corrected chi connectivity index (χ4v) is 1.91. The molecule has 1 heterocycles. The quantitative estimate of drug-likeness (QED) is 0.682. The fourth-order valence-electron chi connectivity index (χ4n) is 1.75. The molecule has 0 fully saturated rings. The van der Waals surface area contributed by atoms with Gasteiger partial charge in [0.05, 0.1) is 11.5 Å². The lowest BCUT2D eigenvalue weighted by Crippen LogP contribution is -2.01. The second-order valence-corrected chi connectivity index (χ2v) is 4.36. The summed E-state index contributed by atoms with van der Waals surface area (Å²) in [6.07, 6.45) is 3.72. The van der Waals surface area contributed by atoms with Crippen LogP contribution < -0.4 is 5.73 Å². The lowest BCUT2D eigenvalue weighted by molar-refractivity contribution is -0.385. The molecule has 0 amide bonds. The molecule has 0 unspecified atom stereocenters. The van der Waals surface area contributed by atoms with Crippen LogP contribution in [0.1, 0.15) is 11.1 Å². The predicted octanol–water partition coefficient (Wildman–Crippen LogP) is 2.56. The minimum absolute atomic E-state index is 0.0329. The smallest absolute Gasteiger partial charge is 0.275 e. The lowest BCUT2D eigenvalue weighted by atomic mass is 10.2. The minimum atomic E-state index is -0.422. The molecule has 0 bridgehead atoms. The first-order valence-electron chi connectivity index (χ1n) is 5.37. The Morgan fingerprint density at radius 1 is 1.39 bits per heavy atom. The third-order valence-electron chi connectivity index (χ3n) is 2.64. The number of benzene rings is 1. The van der Waals surface area contributed by atoms with Crippen LogP contribution in [0.5, 0.6) is 0 Å². The van der Waals surface area contributed by atoms with E-state index in [0.29, 0.717) is 23.7 Å². The summed E-state index contributed by atoms with van der Waals surface area (Å²) in [6.45, 7) is 0.878. The van der Waals surface area contributed by atoms with Crippen molar-refractivity contribution in [2.24, 2.45) is 5.73 Å². The van der Waals surface area contributed by atoms with Crippen LogP contribution in [0.2, 0.25) is 5.02 Å². The summed E-state index contributed by atoms with van der Waals surface area (Å²) in [7, 11) is 0. The highest BCUT2D eigenvalue weighted by atomic mass is 35.5. The van der Waals surface area contributed by atoms with E-state index in [1.807, 2.05) is 23.0 Å². The lowest BCUT2D eigenvalue weighted by Gasteiger charge is -2.05. The first kappa shape index (κ1) is 12.6. The monoisotopic (exact) mass is 265 g/mol. The summed E-state index contributed by atoms with van der Waals surface area (Å²) >= 11 is 5.76. The van der Waals surface area contributed by atoms with Crippen LogP contribution in [0.25, 0.3) is 0 Å². The molecule has 2 aromatic rings. The second-order valence-electron chi connectivity index (χ2n) is 3.93. The van der Waals surface area contributed by atoms with E-state index in [2.05, 4.69) is 0 Å². The van der Waals surface area contributed by atoms with E-state index < -0.39 is 4.92 Å². The zero-order chi connectivity index (χ0) is 13.1. The molecule has 0 saturated carbocycles. The van der Waals surface area contributed by atoms with Gasteiger partial charge in [-0.05, 0) is 23.8 Å². The van der Waals surface area contributed by atoms with E-state index in [1.54, 1.807) is 12.1 Å². The minimum Gasteiger partial charge on any atom is -0.349 e. The standard InChI is InChI=1S/C12H12ClN3O2/c13-11-2-1-10(12(5-11)16(17)18)8-15-4-3-9(6-14)7-15/h1-5,7H,6,8,14H2. The van der Waals surface area contributed by atoms with Crippen LogP contribution in [-0.4, -0.2) is 9.49 Å². The van der Waals surface area contributed by atoms with Gasteiger partial charge in [0.1, 0.15) is 0 Å². The number of nitrogens with two attached hydrogens (primary N) is 1. The average molecular weight is 266 g/mol. The van der Waals surface area contributed by atoms with E-state index in [-0.39, 0.29) is 5.69 Å². The highest BCUT2D eigenvalue weighted by Gasteiger charge is 2.14. The van der Waals surface area contributed by atoms with Gasteiger partial charge in [-0.1, -0.05) is 11.6 Å². The van der Waals surface area contributed by atoms with Gasteiger partial charge in [0.25, 0.3) is 5.69 Å². The number of halogens is 1. The van der Waals surface area contributed by atoms with Crippen LogP contribution in [0, 0.1) is 10.1 Å². The summed E-state index contributed by atoms with van der Waals surface area (Å²) in [6, 6.07) is 6.58. The topological polar surface area (TPSA) is 74.1 Å². The highest BCUT2D eigenvalue weighted by molar-refractivity contribution is 6.30. The molecule has 0 spiro atoms. The van der Waals surface area contributed by atoms with E-state index in [0.717, 1.165) is 5.56 Å². The Balaban J connectivity index is 2.30. The third kappa shape index (κ3) is 2.69. The summed E-state index contributed by atoms with van der Waals surface area (Å²) in [5.74, 6) is 0. The molecule has 0 aliphatic heterocycles. The van der Waals surface area contributed by atoms with Gasteiger partial charge in [0.2, 0.25) is 0 Å². The largest absolute Gasteiger partial charge is 0.349 e. The van der Waals surface area contributed by atoms with Crippen LogP contribution in [0.4, 0.5) is 5.69 Å². The van der Waals surface area contributed by atoms with Gasteiger partial charge in [0, 0.05) is 35.6 Å². The van der Waals surface area contributed by atoms with Crippen LogP contribution in [0.15, 0.2) is 36.7 Å². The van der Waals surface area contributed by atoms with Gasteiger partial charge in [-0.25, -0.2) is 0 Å². The van der Waals surface area contributed by atoms with Gasteiger partial charge in [-0.3, -0.25) is 10.1 Å². The Kier molecular flexibility index (Phi) is 3.64. The molecule has 1 aromatic carbocycles. The predicted molar refractivity (Wildman–Crippen MR) is 69.5 cm³/mol. The van der Waals surface area contributed by atoms with E-state index in [1.165, 1.54) is 6.07 Å². The van der Waals surface area contributed by atoms with Crippen molar-refractivity contribution in [3.63, 3.8) is 0 Å². The molecular formula is C12H12ClN3O2. The first-order chi connectivity index (χ1) is 8.60. The zero-order valence-corrected chi connectivity index (χ0v) is 10.3. The zero-order valence-electron chi connectivity index (χ0n) is 9.54. The Morgan fingerprint density at radius 3 is 2.78 bits per heavy atom. The molecule has 1 aromatic heterocycles. The molecule has 0 atom stereocenters. The Labute approximate surface area is 109 Å². The van der Waals surface area contributed by atoms with Crippen molar-refractivity contribution >= 4 is 17.3 Å². The maximum absolute atomic E-state index is 10.9. The molecule has 18 heavy (non-hydrogen) atoms. The molecule has 5 nitrogen and oxygen atoms in total. The molecule has 0 radical (unpaired) electrons. The highest BCUT2D eigenvalue weighted by Crippen LogP contribution is 2.24. The SMILES string of the molecule is NCc1ccn(Cc2ccc(Cl)cc2[N+](=O)[O-])c1. The van der Waals surface area contributed by atoms with E-state index in [4.69, 9.17) is 17.3 Å². The Bertz CT molecular complexity index is 580. The van der Waals surface area contributed by atoms with Crippen LogP contribution in [0.3, 0.4) is 0 Å². The summed E-state index contributed by atoms with van der Waals surface area (Å²) in [4.78, 5) is 10.5. The number of hydrogen-bond donors (Lipinski definition) is 1. The molecule has 0 aliphatic carbocycles. The van der Waals surface area contributed by atoms with Crippen molar-refractivity contribution in [1.29, 1.82) is 0 Å². The van der Waals surface area contributed by atoms with Gasteiger partial charge in [-0.15, -0.1) is 0 Å². The average Bonchev–Trinajstić information content (AvgIpc) is 2.79. The van der Waals surface area contributed by atoms with E-state index in [9.17, 15) is 10.1 Å². The molecule has 0 aliphatic rings. The molecule has 6 heteroatoms. The maximum atomic E-state index is 10.9. The molecular weight excluding hydrogens is 254 g/mol. The Hall–Kier alpha value is -1.85. The number of nitrogens with zero attached hydrogens (tertiary/aromatic N) is 2. The maximum Gasteiger partial charge on any atom is 0.275 e. The molecule has 2 rings (SSSR count). The van der Waals surface area contributed by atoms with Crippen LogP contribution in [-0.2, 0) is 13.1 Å². The van der Waals surface area contributed by atoms with Crippen molar-refractivity contribution in [2.75, 3.05) is 0 Å². The van der Waals surface area contributed by atoms with E-state index >= 15 is 0 Å². The first-order valence-corrected chi connectivity index (χ1v) is 5.75. The molecule has 94 valence electrons. The number of nitro benzene ring substituents is 1. The summed E-state index contributed by atoms with van der Waals surface area (Å²) in [5, 5.41) is 11.3. The number of hydrogen-bond acceptors (Lipinski definition) is 3. The van der Waals surface area contributed by atoms with Crippen molar-refractivity contribution in [3.05, 3.63) is 62.9 Å². The normalized spacial score (nSPS) is 10.6. The number of nitro groups is 1. The molecule has 2 N–H and O–H groups in total. The van der Waals surface area contributed by atoms with Gasteiger partial charge < -0.3 is 10.3 Å². The fraction of sp³-hybridized carbons (Fsp3) is 0.167. The number of rotatable bonds is 4. The van der Waals surface area contributed by atoms with Gasteiger partial charge >= 0.3 is 0 Å². The second kappa shape index (κ2) is 5.20. The third-order valence-corrected chi connectivity index (χ3v) is 2.88. The number of aromatic nitrogens is 1. The summed E-state index contributed by atoms with van der Waals surface area (Å²) < 4.78 is 1.86. The van der Waals surface area contributed by atoms with Crippen molar-refractivity contribution in [3.8, 4) is 0 Å². The van der Waals surface area contributed by atoms with Crippen molar-refractivity contribution < 1.29 is 4.92 Å². The molecule has 0 saturated heterocycles. The van der Waals surface area contributed by atoms with Crippen LogP contribution >= 0.6 is 11.6 Å². The van der Waals surface area contributed by atoms with Gasteiger partial charge in [0.15, 0.2) is 0 Å². The van der Waals surface area contributed by atoms with Crippen molar-refractivity contribution in [1.82, 2.24) is 4.57 Å². The summed E-state index contributed by atoms with van der Waals surface area (Å²) in [5.41, 5.74) is 7.16. The Morgan fingerprint density at radius 2 is 2.17 bits per heavy atom. The van der Waals surface area contributed by atoms with Gasteiger partial charge in [-0.2, -0.15) is 0 Å².